The van der Waals surface area contributed by atoms with Crippen molar-refractivity contribution in [2.75, 3.05) is 0 Å². The van der Waals surface area contributed by atoms with Crippen LogP contribution in [0.5, 0.6) is 0 Å². The summed E-state index contributed by atoms with van der Waals surface area (Å²) in [5.74, 6) is -0.537. The summed E-state index contributed by atoms with van der Waals surface area (Å²) < 4.78 is 32.9. The molecule has 3 aromatic heterocycles. The number of fused-ring (bicyclic) bond motifs is 5. The molecule has 0 atom stereocenters. The third-order valence-corrected chi connectivity index (χ3v) is 6.19. The normalized spacial score (nSPS) is 12.5. The second-order valence-electron chi connectivity index (χ2n) is 7.75. The van der Waals surface area contributed by atoms with Gasteiger partial charge in [-0.1, -0.05) is 0 Å². The Labute approximate surface area is 159 Å². The van der Waals surface area contributed by atoms with Crippen LogP contribution in [0.15, 0.2) is 48.7 Å². The summed E-state index contributed by atoms with van der Waals surface area (Å²) in [5.41, 5.74) is 6.15. The summed E-state index contributed by atoms with van der Waals surface area (Å²) in [7, 11) is 2.02. The fourth-order valence-electron chi connectivity index (χ4n) is 4.84. The van der Waals surface area contributed by atoms with Crippen molar-refractivity contribution in [2.45, 2.75) is 13.8 Å². The van der Waals surface area contributed by atoms with Crippen molar-refractivity contribution in [3.63, 3.8) is 0 Å². The minimum atomic E-state index is -0.272. The van der Waals surface area contributed by atoms with Crippen LogP contribution < -0.4 is 4.57 Å². The highest BCUT2D eigenvalue weighted by atomic mass is 19.1. The van der Waals surface area contributed by atoms with Crippen molar-refractivity contribution in [3.8, 4) is 0 Å². The Kier molecular flexibility index (Phi) is 2.79. The van der Waals surface area contributed by atoms with Gasteiger partial charge in [0.25, 0.3) is 0 Å². The van der Waals surface area contributed by atoms with Crippen molar-refractivity contribution >= 4 is 49.0 Å². The fourth-order valence-corrected chi connectivity index (χ4v) is 4.84. The summed E-state index contributed by atoms with van der Waals surface area (Å²) in [4.78, 5) is 0. The first-order valence-corrected chi connectivity index (χ1v) is 9.32. The van der Waals surface area contributed by atoms with Gasteiger partial charge in [0.05, 0.1) is 27.3 Å². The van der Waals surface area contributed by atoms with Gasteiger partial charge in [0.2, 0.25) is 5.52 Å². The van der Waals surface area contributed by atoms with E-state index in [1.165, 1.54) is 11.6 Å². The van der Waals surface area contributed by atoms with E-state index in [0.29, 0.717) is 0 Å². The van der Waals surface area contributed by atoms with Crippen LogP contribution in [0.2, 0.25) is 0 Å². The summed E-state index contributed by atoms with van der Waals surface area (Å²) in [5, 5.41) is 4.88. The Morgan fingerprint density at radius 2 is 1.64 bits per heavy atom. The molecule has 0 saturated heterocycles. The van der Waals surface area contributed by atoms with Gasteiger partial charge in [-0.25, -0.2) is 13.3 Å². The molecule has 0 aliphatic rings. The number of aromatic nitrogens is 2. The maximum atomic E-state index is 14.5. The van der Waals surface area contributed by atoms with E-state index in [2.05, 4.69) is 28.9 Å². The fraction of sp³-hybridized carbons (Fsp3) is 0.125. The van der Waals surface area contributed by atoms with Crippen LogP contribution in [0.3, 0.4) is 0 Å². The molecule has 0 amide bonds. The lowest BCUT2D eigenvalue weighted by Crippen LogP contribution is -2.29. The minimum absolute atomic E-state index is 0.266. The number of halogens is 2. The molecule has 0 fully saturated rings. The number of pyridine rings is 2. The highest BCUT2D eigenvalue weighted by molar-refractivity contribution is 6.26. The van der Waals surface area contributed by atoms with Crippen LogP contribution in [0.25, 0.3) is 49.0 Å². The summed E-state index contributed by atoms with van der Waals surface area (Å²) in [6, 6.07) is 12.1. The van der Waals surface area contributed by atoms with Crippen LogP contribution in [-0.4, -0.2) is 4.40 Å². The molecule has 0 bridgehead atoms. The zero-order valence-electron chi connectivity index (χ0n) is 15.8. The smallest absolute Gasteiger partial charge is 0.224 e. The molecule has 28 heavy (non-hydrogen) atoms. The molecule has 0 aliphatic heterocycles. The molecule has 3 aromatic carbocycles. The molecule has 4 heteroatoms. The third kappa shape index (κ3) is 1.73. The Balaban J connectivity index is 2.15. The highest BCUT2D eigenvalue weighted by Gasteiger charge is 2.25. The van der Waals surface area contributed by atoms with Gasteiger partial charge in [-0.15, -0.1) is 0 Å². The quantitative estimate of drug-likeness (QED) is 0.184. The summed E-state index contributed by atoms with van der Waals surface area (Å²) in [6.45, 7) is 4.22. The molecule has 6 aromatic rings. The van der Waals surface area contributed by atoms with Crippen LogP contribution in [-0.2, 0) is 7.05 Å². The Bertz CT molecular complexity index is 1610. The first-order chi connectivity index (χ1) is 13.5. The molecule has 2 nitrogen and oxygen atoms in total. The van der Waals surface area contributed by atoms with Gasteiger partial charge < -0.3 is 4.40 Å². The Morgan fingerprint density at radius 1 is 0.821 bits per heavy atom. The van der Waals surface area contributed by atoms with Gasteiger partial charge in [0, 0.05) is 16.8 Å². The van der Waals surface area contributed by atoms with Gasteiger partial charge in [-0.3, -0.25) is 0 Å². The summed E-state index contributed by atoms with van der Waals surface area (Å²) in [6.07, 6.45) is 1.98. The van der Waals surface area contributed by atoms with Crippen LogP contribution >= 0.6 is 0 Å². The minimum Gasteiger partial charge on any atom is -0.307 e. The predicted molar refractivity (Wildman–Crippen MR) is 109 cm³/mol. The average molecular weight is 371 g/mol. The second-order valence-corrected chi connectivity index (χ2v) is 7.75. The van der Waals surface area contributed by atoms with Crippen LogP contribution in [0.1, 0.15) is 11.1 Å². The van der Waals surface area contributed by atoms with E-state index >= 15 is 0 Å². The molecule has 0 radical (unpaired) electrons. The van der Waals surface area contributed by atoms with E-state index in [4.69, 9.17) is 0 Å². The lowest BCUT2D eigenvalue weighted by Gasteiger charge is -2.14. The number of benzene rings is 3. The standard InChI is InChI=1S/C24H17F2N2/c1-12-8-18-17-10-15(25)4-5-19(17)28-20-11-16(26)9-14-6-7-27(3)24(22(14)20)21(13(12)2)23(18)28/h4-11H,1-3H3/q+1. The zero-order valence-corrected chi connectivity index (χ0v) is 15.8. The molecule has 6 rings (SSSR count). The average Bonchev–Trinajstić information content (AvgIpc) is 2.97. The van der Waals surface area contributed by atoms with Gasteiger partial charge in [0.1, 0.15) is 18.7 Å². The van der Waals surface area contributed by atoms with Gasteiger partial charge in [0.15, 0.2) is 6.20 Å². The van der Waals surface area contributed by atoms with Gasteiger partial charge in [-0.2, -0.15) is 0 Å². The lowest BCUT2D eigenvalue weighted by atomic mass is 9.96. The molecule has 3 heterocycles. The van der Waals surface area contributed by atoms with Gasteiger partial charge in [-0.05, 0) is 66.8 Å². The number of aryl methyl sites for hydroxylation is 3. The van der Waals surface area contributed by atoms with Crippen LogP contribution in [0, 0.1) is 25.5 Å². The first-order valence-electron chi connectivity index (χ1n) is 9.32. The van der Waals surface area contributed by atoms with Crippen molar-refractivity contribution in [1.82, 2.24) is 4.40 Å². The largest absolute Gasteiger partial charge is 0.307 e. The highest BCUT2D eigenvalue weighted by Crippen LogP contribution is 2.41. The Morgan fingerprint density at radius 3 is 2.46 bits per heavy atom. The second kappa shape index (κ2) is 4.96. The molecule has 0 N–H and O–H groups in total. The maximum absolute atomic E-state index is 14.5. The topological polar surface area (TPSA) is 8.29 Å². The maximum Gasteiger partial charge on any atom is 0.224 e. The predicted octanol–water partition coefficient (Wildman–Crippen LogP) is 5.71. The molecule has 136 valence electrons. The molecule has 0 saturated carbocycles. The van der Waals surface area contributed by atoms with E-state index in [1.807, 2.05) is 19.3 Å². The number of hydrogen-bond donors (Lipinski definition) is 0. The molecule has 0 spiro atoms. The van der Waals surface area contributed by atoms with Crippen molar-refractivity contribution in [2.24, 2.45) is 7.05 Å². The van der Waals surface area contributed by atoms with E-state index in [-0.39, 0.29) is 11.6 Å². The van der Waals surface area contributed by atoms with E-state index in [0.717, 1.165) is 54.6 Å². The molecular formula is C24H17F2N2+. The third-order valence-electron chi connectivity index (χ3n) is 6.19. The van der Waals surface area contributed by atoms with Crippen LogP contribution in [0.4, 0.5) is 8.78 Å². The molecular weight excluding hydrogens is 354 g/mol. The lowest BCUT2D eigenvalue weighted by molar-refractivity contribution is -0.643. The SMILES string of the molecule is Cc1cc2c3cc(F)ccc3n3c4cc(F)cc5cc[n+](C)c(c(c1C)c23)c54. The van der Waals surface area contributed by atoms with Crippen molar-refractivity contribution in [1.29, 1.82) is 0 Å². The first kappa shape index (κ1) is 15.8. The monoisotopic (exact) mass is 371 g/mol. The summed E-state index contributed by atoms with van der Waals surface area (Å²) >= 11 is 0. The molecule has 0 aliphatic carbocycles. The van der Waals surface area contributed by atoms with Crippen molar-refractivity contribution < 1.29 is 13.3 Å². The van der Waals surface area contributed by atoms with E-state index < -0.39 is 0 Å². The van der Waals surface area contributed by atoms with Crippen molar-refractivity contribution in [3.05, 3.63) is 71.4 Å². The Hall–Kier alpha value is -3.27. The van der Waals surface area contributed by atoms with E-state index in [1.54, 1.807) is 24.3 Å². The molecule has 0 unspecified atom stereocenters. The van der Waals surface area contributed by atoms with Gasteiger partial charge >= 0.3 is 0 Å². The number of rotatable bonds is 0. The van der Waals surface area contributed by atoms with E-state index in [9.17, 15) is 8.78 Å². The number of nitrogens with zero attached hydrogens (tertiary/aromatic N) is 2. The number of hydrogen-bond acceptors (Lipinski definition) is 0. The zero-order chi connectivity index (χ0) is 19.3.